The lowest BCUT2D eigenvalue weighted by Gasteiger charge is -2.58. The summed E-state index contributed by atoms with van der Waals surface area (Å²) in [5.74, 6) is 4.76. The van der Waals surface area contributed by atoms with Gasteiger partial charge in [-0.3, -0.25) is 4.79 Å². The fraction of sp³-hybridized carbons (Fsp3) is 0.906. The van der Waals surface area contributed by atoms with E-state index in [0.717, 1.165) is 55.4 Å². The van der Waals surface area contributed by atoms with Gasteiger partial charge < -0.3 is 10.0 Å². The van der Waals surface area contributed by atoms with Crippen LogP contribution in [0.25, 0.3) is 0 Å². The minimum absolute atomic E-state index is 0.0683. The van der Waals surface area contributed by atoms with E-state index in [2.05, 4.69) is 54.5 Å². The molecule has 0 heterocycles. The lowest BCUT2D eigenvalue weighted by atomic mass is 9.47. The van der Waals surface area contributed by atoms with Gasteiger partial charge in [-0.1, -0.05) is 52.2 Å². The van der Waals surface area contributed by atoms with Gasteiger partial charge in [0.25, 0.3) is 0 Å². The van der Waals surface area contributed by atoms with E-state index >= 15 is 0 Å². The first-order valence-corrected chi connectivity index (χ1v) is 15.1. The monoisotopic (exact) mass is 485 g/mol. The van der Waals surface area contributed by atoms with Gasteiger partial charge in [-0.2, -0.15) is 0 Å². The van der Waals surface area contributed by atoms with Gasteiger partial charge in [-0.25, -0.2) is 0 Å². The van der Waals surface area contributed by atoms with Crippen molar-refractivity contribution in [1.82, 2.24) is 4.90 Å². The zero-order chi connectivity index (χ0) is 25.6. The van der Waals surface area contributed by atoms with Crippen molar-refractivity contribution >= 4 is 6.41 Å². The molecule has 3 fully saturated rings. The molecule has 3 heteroatoms. The quantitative estimate of drug-likeness (QED) is 0.269. The molecule has 35 heavy (non-hydrogen) atoms. The average molecular weight is 486 g/mol. The second-order valence-electron chi connectivity index (χ2n) is 14.2. The molecule has 0 aromatic rings. The molecule has 0 radical (unpaired) electrons. The van der Waals surface area contributed by atoms with Crippen LogP contribution in [0.2, 0.25) is 0 Å². The van der Waals surface area contributed by atoms with Crippen LogP contribution in [0.5, 0.6) is 0 Å². The molecule has 9 atom stereocenters. The largest absolute Gasteiger partial charge is 0.393 e. The summed E-state index contributed by atoms with van der Waals surface area (Å²) in [5, 5.41) is 10.3. The highest BCUT2D eigenvalue weighted by molar-refractivity contribution is 5.48. The maximum absolute atomic E-state index is 11.5. The molecule has 3 nitrogen and oxygen atoms in total. The van der Waals surface area contributed by atoms with E-state index < -0.39 is 0 Å². The molecule has 0 saturated heterocycles. The number of aliphatic hydroxyl groups excluding tert-OH is 1. The topological polar surface area (TPSA) is 40.5 Å². The van der Waals surface area contributed by atoms with Crippen molar-refractivity contribution in [2.24, 2.45) is 46.3 Å². The fourth-order valence-corrected chi connectivity index (χ4v) is 9.82. The molecule has 0 aliphatic heterocycles. The van der Waals surface area contributed by atoms with Crippen LogP contribution in [-0.4, -0.2) is 34.6 Å². The summed E-state index contributed by atoms with van der Waals surface area (Å²) in [6, 6.07) is 0. The number of amides is 1. The molecule has 3 saturated carbocycles. The van der Waals surface area contributed by atoms with Crippen LogP contribution < -0.4 is 0 Å². The summed E-state index contributed by atoms with van der Waals surface area (Å²) < 4.78 is 0. The summed E-state index contributed by atoms with van der Waals surface area (Å²) >= 11 is 0. The van der Waals surface area contributed by atoms with Crippen molar-refractivity contribution < 1.29 is 9.90 Å². The van der Waals surface area contributed by atoms with Gasteiger partial charge in [0.2, 0.25) is 6.41 Å². The Hall–Kier alpha value is -0.830. The molecule has 200 valence electrons. The number of carbonyl (C=O) groups is 1. The van der Waals surface area contributed by atoms with E-state index in [0.29, 0.717) is 16.7 Å². The van der Waals surface area contributed by atoms with Crippen molar-refractivity contribution in [2.75, 3.05) is 6.54 Å². The van der Waals surface area contributed by atoms with E-state index in [9.17, 15) is 9.90 Å². The lowest BCUT2D eigenvalue weighted by Crippen LogP contribution is -2.50. The number of hydrogen-bond donors (Lipinski definition) is 1. The first kappa shape index (κ1) is 27.2. The molecule has 0 aromatic carbocycles. The predicted octanol–water partition coefficient (Wildman–Crippen LogP) is 7.63. The second kappa shape index (κ2) is 10.1. The summed E-state index contributed by atoms with van der Waals surface area (Å²) in [4.78, 5) is 13.5. The number of hydrogen-bond acceptors (Lipinski definition) is 2. The number of aliphatic hydroxyl groups is 1. The first-order chi connectivity index (χ1) is 16.5. The van der Waals surface area contributed by atoms with Crippen molar-refractivity contribution in [3.05, 3.63) is 11.6 Å². The molecule has 1 amide bonds. The molecule has 2 unspecified atom stereocenters. The molecule has 0 bridgehead atoms. The third-order valence-corrected chi connectivity index (χ3v) is 12.5. The van der Waals surface area contributed by atoms with Crippen LogP contribution in [0, 0.1) is 46.3 Å². The molecular weight excluding hydrogens is 430 g/mol. The van der Waals surface area contributed by atoms with Gasteiger partial charge in [0.05, 0.1) is 6.10 Å². The second-order valence-corrected chi connectivity index (χ2v) is 14.2. The van der Waals surface area contributed by atoms with E-state index in [1.807, 2.05) is 4.90 Å². The summed E-state index contributed by atoms with van der Waals surface area (Å²) in [5.41, 5.74) is 2.39. The fourth-order valence-electron chi connectivity index (χ4n) is 9.82. The van der Waals surface area contributed by atoms with Crippen molar-refractivity contribution in [1.29, 1.82) is 0 Å². The number of carbonyl (C=O) groups excluding carboxylic acids is 1. The Bertz CT molecular complexity index is 788. The van der Waals surface area contributed by atoms with E-state index in [4.69, 9.17) is 0 Å². The third kappa shape index (κ3) is 4.66. The first-order valence-electron chi connectivity index (χ1n) is 15.1. The minimum atomic E-state index is -0.104. The highest BCUT2D eigenvalue weighted by Crippen LogP contribution is 2.67. The highest BCUT2D eigenvalue weighted by atomic mass is 16.3. The minimum Gasteiger partial charge on any atom is -0.393 e. The Morgan fingerprint density at radius 1 is 1.11 bits per heavy atom. The normalized spacial score (nSPS) is 40.7. The van der Waals surface area contributed by atoms with Gasteiger partial charge in [0, 0.05) is 12.1 Å². The van der Waals surface area contributed by atoms with E-state index in [-0.39, 0.29) is 11.6 Å². The zero-order valence-electron chi connectivity index (χ0n) is 24.0. The smallest absolute Gasteiger partial charge is 0.210 e. The molecule has 1 N–H and O–H groups in total. The Morgan fingerprint density at radius 2 is 1.86 bits per heavy atom. The van der Waals surface area contributed by atoms with E-state index in [1.165, 1.54) is 57.8 Å². The van der Waals surface area contributed by atoms with E-state index in [1.54, 1.807) is 5.57 Å². The summed E-state index contributed by atoms with van der Waals surface area (Å²) in [7, 11) is 0. The van der Waals surface area contributed by atoms with Crippen LogP contribution in [0.15, 0.2) is 11.6 Å². The Balaban J connectivity index is 1.38. The van der Waals surface area contributed by atoms with Crippen molar-refractivity contribution in [3.8, 4) is 0 Å². The van der Waals surface area contributed by atoms with Crippen LogP contribution in [0.1, 0.15) is 119 Å². The third-order valence-electron chi connectivity index (χ3n) is 12.5. The highest BCUT2D eigenvalue weighted by Gasteiger charge is 2.59. The molecular formula is C32H55NO2. The Labute approximate surface area is 216 Å². The molecule has 4 aliphatic carbocycles. The molecule has 0 spiro atoms. The summed E-state index contributed by atoms with van der Waals surface area (Å²) in [6.07, 6.45) is 17.4. The molecule has 4 rings (SSSR count). The standard InChI is InChI=1S/C32H55NO2/c1-8-33(21-34)30(4,5)23(3)11-9-10-22(2)27-14-15-28-26-13-12-24-20-25(35)16-18-31(24,6)29(26)17-19-32(27,28)7/h12,21-23,25-29,35H,8-11,13-20H2,1-7H3/t22?,23?,25-,26-,27+,28-,29-,31-,32+/m0/s1. The van der Waals surface area contributed by atoms with Gasteiger partial charge in [-0.05, 0) is 125 Å². The van der Waals surface area contributed by atoms with Crippen molar-refractivity contribution in [3.63, 3.8) is 0 Å². The molecule has 4 aliphatic rings. The molecule has 0 aromatic heterocycles. The van der Waals surface area contributed by atoms with Gasteiger partial charge in [0.15, 0.2) is 0 Å². The number of fused-ring (bicyclic) bond motifs is 5. The SMILES string of the molecule is CCN(C=O)C(C)(C)C(C)CCCC(C)[C@H]1CC[C@H]2[C@@H]3CC=C4C[C@@H](O)CC[C@]4(C)[C@H]3CC[C@]12C. The lowest BCUT2D eigenvalue weighted by molar-refractivity contribution is -0.124. The van der Waals surface area contributed by atoms with Crippen LogP contribution in [0.4, 0.5) is 0 Å². The Kier molecular flexibility index (Phi) is 7.89. The maximum atomic E-state index is 11.5. The number of allylic oxidation sites excluding steroid dienone is 1. The van der Waals surface area contributed by atoms with Crippen molar-refractivity contribution in [2.45, 2.75) is 131 Å². The average Bonchev–Trinajstić information content (AvgIpc) is 3.17. The van der Waals surface area contributed by atoms with Gasteiger partial charge in [0.1, 0.15) is 0 Å². The predicted molar refractivity (Wildman–Crippen MR) is 146 cm³/mol. The van der Waals surface area contributed by atoms with Crippen LogP contribution in [0.3, 0.4) is 0 Å². The maximum Gasteiger partial charge on any atom is 0.210 e. The van der Waals surface area contributed by atoms with Crippen LogP contribution >= 0.6 is 0 Å². The number of nitrogens with zero attached hydrogens (tertiary/aromatic N) is 1. The van der Waals surface area contributed by atoms with Crippen LogP contribution in [-0.2, 0) is 4.79 Å². The van der Waals surface area contributed by atoms with Gasteiger partial charge in [-0.15, -0.1) is 0 Å². The van der Waals surface area contributed by atoms with Gasteiger partial charge >= 0.3 is 0 Å². The summed E-state index contributed by atoms with van der Waals surface area (Å²) in [6.45, 7) is 17.4. The number of rotatable bonds is 9. The Morgan fingerprint density at radius 3 is 2.54 bits per heavy atom. The zero-order valence-corrected chi connectivity index (χ0v) is 24.0.